The van der Waals surface area contributed by atoms with Crippen molar-refractivity contribution in [3.63, 3.8) is 0 Å². The lowest BCUT2D eigenvalue weighted by Crippen LogP contribution is -2.03. The van der Waals surface area contributed by atoms with Crippen LogP contribution in [-0.2, 0) is 4.79 Å². The topological polar surface area (TPSA) is 70.7 Å². The van der Waals surface area contributed by atoms with Crippen molar-refractivity contribution in [2.75, 3.05) is 5.32 Å². The number of aromatic amines is 1. The maximum atomic E-state index is 12.4. The van der Waals surface area contributed by atoms with Crippen LogP contribution in [0.4, 0.5) is 5.69 Å². The average molecular weight is 401 g/mol. The largest absolute Gasteiger partial charge is 0.321 e. The van der Waals surface area contributed by atoms with E-state index in [1.54, 1.807) is 12.4 Å². The first-order valence-corrected chi connectivity index (χ1v) is 8.97. The quantitative estimate of drug-likeness (QED) is 0.473. The summed E-state index contributed by atoms with van der Waals surface area (Å²) in [4.78, 5) is 16.4. The van der Waals surface area contributed by atoms with Crippen molar-refractivity contribution < 1.29 is 4.79 Å². The van der Waals surface area contributed by atoms with E-state index in [1.807, 2.05) is 72.8 Å². The molecule has 0 saturated carbocycles. The van der Waals surface area contributed by atoms with Crippen molar-refractivity contribution in [1.82, 2.24) is 15.2 Å². The normalized spacial score (nSPS) is 14.2. The molecule has 0 radical (unpaired) electrons. The van der Waals surface area contributed by atoms with Crippen LogP contribution >= 0.6 is 12.4 Å². The Morgan fingerprint density at radius 3 is 2.59 bits per heavy atom. The minimum Gasteiger partial charge on any atom is -0.321 e. The third kappa shape index (κ3) is 3.56. The summed E-state index contributed by atoms with van der Waals surface area (Å²) in [5, 5.41) is 11.4. The van der Waals surface area contributed by atoms with Gasteiger partial charge in [0.1, 0.15) is 0 Å². The van der Waals surface area contributed by atoms with Gasteiger partial charge < -0.3 is 5.32 Å². The second-order valence-electron chi connectivity index (χ2n) is 6.59. The Balaban J connectivity index is 0.00000205. The van der Waals surface area contributed by atoms with Gasteiger partial charge in [0.25, 0.3) is 5.91 Å². The van der Waals surface area contributed by atoms with E-state index in [2.05, 4.69) is 20.5 Å². The Morgan fingerprint density at radius 1 is 0.897 bits per heavy atom. The SMILES string of the molecule is Cl.O=C1Nc2ccccc2/C1=C/c1ccc2[nH]nc(/C=C/c3ccncc3)c2c1. The molecule has 1 aliphatic rings. The molecular formula is C23H17ClN4O. The maximum absolute atomic E-state index is 12.4. The summed E-state index contributed by atoms with van der Waals surface area (Å²) in [7, 11) is 0. The van der Waals surface area contributed by atoms with Gasteiger partial charge in [0.05, 0.1) is 11.2 Å². The number of rotatable bonds is 3. The van der Waals surface area contributed by atoms with Gasteiger partial charge in [0.15, 0.2) is 0 Å². The third-order valence-electron chi connectivity index (χ3n) is 4.78. The minimum atomic E-state index is -0.0775. The fraction of sp³-hybridized carbons (Fsp3) is 0. The number of pyridine rings is 1. The zero-order valence-corrected chi connectivity index (χ0v) is 16.1. The van der Waals surface area contributed by atoms with Gasteiger partial charge in [0.2, 0.25) is 0 Å². The van der Waals surface area contributed by atoms with E-state index < -0.39 is 0 Å². The molecule has 0 aliphatic carbocycles. The summed E-state index contributed by atoms with van der Waals surface area (Å²) in [5.41, 5.74) is 6.27. The van der Waals surface area contributed by atoms with Gasteiger partial charge in [-0.2, -0.15) is 5.10 Å². The lowest BCUT2D eigenvalue weighted by molar-refractivity contribution is -0.110. The molecule has 0 fully saturated rings. The van der Waals surface area contributed by atoms with E-state index in [9.17, 15) is 4.79 Å². The first-order valence-electron chi connectivity index (χ1n) is 8.97. The van der Waals surface area contributed by atoms with E-state index in [-0.39, 0.29) is 18.3 Å². The second kappa shape index (κ2) is 7.73. The van der Waals surface area contributed by atoms with Crippen LogP contribution in [0.25, 0.3) is 34.7 Å². The molecule has 1 aliphatic heterocycles. The van der Waals surface area contributed by atoms with Crippen molar-refractivity contribution in [3.05, 3.63) is 89.4 Å². The molecule has 0 atom stereocenters. The average Bonchev–Trinajstić information content (AvgIpc) is 3.28. The molecule has 0 bridgehead atoms. The first kappa shape index (κ1) is 18.7. The van der Waals surface area contributed by atoms with Crippen molar-refractivity contribution in [2.24, 2.45) is 0 Å². The molecule has 3 heterocycles. The van der Waals surface area contributed by atoms with E-state index in [1.165, 1.54) is 0 Å². The van der Waals surface area contributed by atoms with Gasteiger partial charge in [0, 0.05) is 34.6 Å². The molecule has 4 aromatic rings. The van der Waals surface area contributed by atoms with Crippen LogP contribution < -0.4 is 5.32 Å². The van der Waals surface area contributed by atoms with Gasteiger partial charge in [-0.25, -0.2) is 0 Å². The van der Waals surface area contributed by atoms with Gasteiger partial charge in [-0.1, -0.05) is 30.3 Å². The molecule has 5 nitrogen and oxygen atoms in total. The van der Waals surface area contributed by atoms with Crippen molar-refractivity contribution in [2.45, 2.75) is 0 Å². The number of fused-ring (bicyclic) bond motifs is 2. The smallest absolute Gasteiger partial charge is 0.256 e. The highest BCUT2D eigenvalue weighted by atomic mass is 35.5. The molecule has 1 amide bonds. The number of H-pyrrole nitrogens is 1. The van der Waals surface area contributed by atoms with Gasteiger partial charge in [-0.15, -0.1) is 12.4 Å². The number of nitrogens with one attached hydrogen (secondary N) is 2. The molecule has 2 aromatic carbocycles. The van der Waals surface area contributed by atoms with Crippen molar-refractivity contribution >= 4 is 58.7 Å². The Labute approximate surface area is 173 Å². The van der Waals surface area contributed by atoms with Crippen LogP contribution in [0, 0.1) is 0 Å². The highest BCUT2D eigenvalue weighted by Crippen LogP contribution is 2.33. The van der Waals surface area contributed by atoms with Crippen LogP contribution in [0.15, 0.2) is 67.0 Å². The van der Waals surface area contributed by atoms with Gasteiger partial charge in [-0.05, 0) is 53.6 Å². The Kier molecular flexibility index (Phi) is 4.97. The molecule has 142 valence electrons. The Bertz CT molecular complexity index is 1260. The summed E-state index contributed by atoms with van der Waals surface area (Å²) < 4.78 is 0. The standard InChI is InChI=1S/C23H16N4O.ClH/c28-23-18(17-3-1-2-4-20(17)25-23)13-16-6-8-22-19(14-16)21(26-27-22)7-5-15-9-11-24-12-10-15;/h1-14H,(H,25,28)(H,26,27);1H/b7-5+,18-13-;. The fourth-order valence-corrected chi connectivity index (χ4v) is 3.37. The van der Waals surface area contributed by atoms with Crippen LogP contribution in [0.1, 0.15) is 22.4 Å². The van der Waals surface area contributed by atoms with E-state index in [4.69, 9.17) is 0 Å². The monoisotopic (exact) mass is 400 g/mol. The number of aromatic nitrogens is 3. The molecular weight excluding hydrogens is 384 g/mol. The Morgan fingerprint density at radius 2 is 1.72 bits per heavy atom. The molecule has 5 rings (SSSR count). The number of halogens is 1. The zero-order valence-electron chi connectivity index (χ0n) is 15.3. The van der Waals surface area contributed by atoms with Gasteiger partial charge in [-0.3, -0.25) is 14.9 Å². The number of benzene rings is 2. The number of nitrogens with zero attached hydrogens (tertiary/aromatic N) is 2. The number of amides is 1. The van der Waals surface area contributed by atoms with Crippen LogP contribution in [0.3, 0.4) is 0 Å². The Hall–Kier alpha value is -3.70. The lowest BCUT2D eigenvalue weighted by atomic mass is 10.0. The molecule has 0 saturated heterocycles. The highest BCUT2D eigenvalue weighted by Gasteiger charge is 2.23. The molecule has 2 aromatic heterocycles. The van der Waals surface area contributed by atoms with E-state index in [0.29, 0.717) is 5.57 Å². The van der Waals surface area contributed by atoms with Crippen molar-refractivity contribution in [1.29, 1.82) is 0 Å². The first-order chi connectivity index (χ1) is 13.8. The lowest BCUT2D eigenvalue weighted by Gasteiger charge is -1.99. The summed E-state index contributed by atoms with van der Waals surface area (Å²) in [5.74, 6) is -0.0775. The summed E-state index contributed by atoms with van der Waals surface area (Å²) in [6.45, 7) is 0. The number of para-hydroxylation sites is 1. The molecule has 0 spiro atoms. The van der Waals surface area contributed by atoms with Crippen LogP contribution in [-0.4, -0.2) is 21.1 Å². The molecule has 2 N–H and O–H groups in total. The maximum Gasteiger partial charge on any atom is 0.256 e. The molecule has 6 heteroatoms. The molecule has 0 unspecified atom stereocenters. The van der Waals surface area contributed by atoms with Gasteiger partial charge >= 0.3 is 0 Å². The summed E-state index contributed by atoms with van der Waals surface area (Å²) >= 11 is 0. The third-order valence-corrected chi connectivity index (χ3v) is 4.78. The predicted molar refractivity (Wildman–Crippen MR) is 119 cm³/mol. The fourth-order valence-electron chi connectivity index (χ4n) is 3.37. The van der Waals surface area contributed by atoms with Crippen molar-refractivity contribution in [3.8, 4) is 0 Å². The summed E-state index contributed by atoms with van der Waals surface area (Å²) in [6, 6.07) is 17.6. The second-order valence-corrected chi connectivity index (χ2v) is 6.59. The number of carbonyl (C=O) groups excluding carboxylic acids is 1. The predicted octanol–water partition coefficient (Wildman–Crippen LogP) is 5.04. The highest BCUT2D eigenvalue weighted by molar-refractivity contribution is 6.34. The number of hydrogen-bond donors (Lipinski definition) is 2. The number of hydrogen-bond acceptors (Lipinski definition) is 3. The molecule has 29 heavy (non-hydrogen) atoms. The van der Waals surface area contributed by atoms with Crippen LogP contribution in [0.2, 0.25) is 0 Å². The number of anilines is 1. The minimum absolute atomic E-state index is 0. The van der Waals surface area contributed by atoms with E-state index in [0.717, 1.165) is 39.0 Å². The summed E-state index contributed by atoms with van der Waals surface area (Å²) in [6.07, 6.45) is 9.42. The van der Waals surface area contributed by atoms with E-state index >= 15 is 0 Å². The zero-order chi connectivity index (χ0) is 18.9. The number of carbonyl (C=O) groups is 1. The van der Waals surface area contributed by atoms with Crippen LogP contribution in [0.5, 0.6) is 0 Å².